The SMILES string of the molecule is CN(C)c1ccc2nc(-c3cccc(Cl)c3Cl)c(N)n2c1. The van der Waals surface area contributed by atoms with E-state index in [1.165, 1.54) is 0 Å². The van der Waals surface area contributed by atoms with E-state index in [2.05, 4.69) is 4.98 Å². The fraction of sp³-hybridized carbons (Fsp3) is 0.133. The van der Waals surface area contributed by atoms with Gasteiger partial charge in [-0.3, -0.25) is 4.40 Å². The number of imidazole rings is 1. The zero-order valence-corrected chi connectivity index (χ0v) is 13.2. The van der Waals surface area contributed by atoms with Gasteiger partial charge in [0.05, 0.1) is 15.7 Å². The molecule has 21 heavy (non-hydrogen) atoms. The molecule has 2 heterocycles. The van der Waals surface area contributed by atoms with Crippen molar-refractivity contribution in [1.29, 1.82) is 0 Å². The lowest BCUT2D eigenvalue weighted by Crippen LogP contribution is -2.09. The maximum Gasteiger partial charge on any atom is 0.139 e. The Balaban J connectivity index is 2.25. The van der Waals surface area contributed by atoms with E-state index in [4.69, 9.17) is 28.9 Å². The van der Waals surface area contributed by atoms with Crippen LogP contribution in [0.1, 0.15) is 0 Å². The van der Waals surface area contributed by atoms with Gasteiger partial charge in [-0.1, -0.05) is 35.3 Å². The third-order valence-electron chi connectivity index (χ3n) is 3.36. The quantitative estimate of drug-likeness (QED) is 0.777. The van der Waals surface area contributed by atoms with Crippen molar-refractivity contribution in [3.63, 3.8) is 0 Å². The highest BCUT2D eigenvalue weighted by atomic mass is 35.5. The van der Waals surface area contributed by atoms with E-state index < -0.39 is 0 Å². The summed E-state index contributed by atoms with van der Waals surface area (Å²) in [5.74, 6) is 0.540. The lowest BCUT2D eigenvalue weighted by molar-refractivity contribution is 1.09. The number of rotatable bonds is 2. The largest absolute Gasteiger partial charge is 0.383 e. The fourth-order valence-electron chi connectivity index (χ4n) is 2.20. The third kappa shape index (κ3) is 2.30. The fourth-order valence-corrected chi connectivity index (χ4v) is 2.59. The van der Waals surface area contributed by atoms with E-state index in [1.54, 1.807) is 6.07 Å². The van der Waals surface area contributed by atoms with Crippen LogP contribution in [0, 0.1) is 0 Å². The summed E-state index contributed by atoms with van der Waals surface area (Å²) < 4.78 is 1.85. The van der Waals surface area contributed by atoms with Crippen molar-refractivity contribution in [3.8, 4) is 11.3 Å². The summed E-state index contributed by atoms with van der Waals surface area (Å²) in [6, 6.07) is 9.35. The molecule has 108 valence electrons. The highest BCUT2D eigenvalue weighted by Gasteiger charge is 2.16. The monoisotopic (exact) mass is 320 g/mol. The molecule has 0 bridgehead atoms. The van der Waals surface area contributed by atoms with Crippen molar-refractivity contribution >= 4 is 40.4 Å². The van der Waals surface area contributed by atoms with E-state index in [-0.39, 0.29) is 0 Å². The first-order chi connectivity index (χ1) is 9.99. The molecule has 0 aliphatic heterocycles. The Hall–Kier alpha value is -1.91. The zero-order valence-electron chi connectivity index (χ0n) is 11.6. The molecule has 3 aromatic rings. The molecule has 1 aromatic carbocycles. The van der Waals surface area contributed by atoms with Gasteiger partial charge in [0.1, 0.15) is 17.2 Å². The predicted octanol–water partition coefficient (Wildman–Crippen LogP) is 3.96. The standard InChI is InChI=1S/C15H14Cl2N4/c1-20(2)9-6-7-12-19-14(15(18)21(12)8-9)10-4-3-5-11(16)13(10)17/h3-8H,18H2,1-2H3. The van der Waals surface area contributed by atoms with Crippen molar-refractivity contribution in [1.82, 2.24) is 9.38 Å². The number of fused-ring (bicyclic) bond motifs is 1. The molecule has 0 unspecified atom stereocenters. The van der Waals surface area contributed by atoms with Crippen LogP contribution in [-0.4, -0.2) is 23.5 Å². The van der Waals surface area contributed by atoms with Gasteiger partial charge in [-0.2, -0.15) is 0 Å². The van der Waals surface area contributed by atoms with Gasteiger partial charge in [0, 0.05) is 25.9 Å². The summed E-state index contributed by atoms with van der Waals surface area (Å²) in [5.41, 5.74) is 9.41. The number of halogens is 2. The normalized spacial score (nSPS) is 11.0. The van der Waals surface area contributed by atoms with Gasteiger partial charge in [-0.15, -0.1) is 0 Å². The van der Waals surface area contributed by atoms with Crippen LogP contribution < -0.4 is 10.6 Å². The number of nitrogens with two attached hydrogens (primary N) is 1. The lowest BCUT2D eigenvalue weighted by Gasteiger charge is -2.12. The van der Waals surface area contributed by atoms with Crippen molar-refractivity contribution in [3.05, 3.63) is 46.6 Å². The van der Waals surface area contributed by atoms with Crippen molar-refractivity contribution in [2.75, 3.05) is 24.7 Å². The predicted molar refractivity (Wildman–Crippen MR) is 89.4 cm³/mol. The molecule has 0 spiro atoms. The van der Waals surface area contributed by atoms with Gasteiger partial charge in [0.15, 0.2) is 0 Å². The molecule has 0 saturated carbocycles. The molecule has 0 amide bonds. The Morgan fingerprint density at radius 2 is 1.90 bits per heavy atom. The van der Waals surface area contributed by atoms with E-state index in [9.17, 15) is 0 Å². The number of pyridine rings is 1. The maximum atomic E-state index is 6.26. The lowest BCUT2D eigenvalue weighted by atomic mass is 10.1. The minimum Gasteiger partial charge on any atom is -0.383 e. The first kappa shape index (κ1) is 14.0. The van der Waals surface area contributed by atoms with Gasteiger partial charge < -0.3 is 10.6 Å². The smallest absolute Gasteiger partial charge is 0.139 e. The van der Waals surface area contributed by atoms with Crippen molar-refractivity contribution < 1.29 is 0 Å². The molecule has 0 atom stereocenters. The maximum absolute atomic E-state index is 6.26. The van der Waals surface area contributed by atoms with Crippen molar-refractivity contribution in [2.24, 2.45) is 0 Å². The summed E-state index contributed by atoms with van der Waals surface area (Å²) >= 11 is 12.3. The summed E-state index contributed by atoms with van der Waals surface area (Å²) in [5, 5.41) is 0.946. The van der Waals surface area contributed by atoms with Crippen LogP contribution in [0.4, 0.5) is 11.5 Å². The number of hydrogen-bond donors (Lipinski definition) is 1. The Morgan fingerprint density at radius 3 is 2.62 bits per heavy atom. The molecule has 6 heteroatoms. The van der Waals surface area contributed by atoms with Crippen molar-refractivity contribution in [2.45, 2.75) is 0 Å². The van der Waals surface area contributed by atoms with Gasteiger partial charge >= 0.3 is 0 Å². The minimum absolute atomic E-state index is 0.460. The van der Waals surface area contributed by atoms with Gasteiger partial charge in [-0.05, 0) is 18.2 Å². The minimum atomic E-state index is 0.460. The van der Waals surface area contributed by atoms with Gasteiger partial charge in [0.25, 0.3) is 0 Å². The van der Waals surface area contributed by atoms with E-state index in [0.29, 0.717) is 21.6 Å². The van der Waals surface area contributed by atoms with Crippen LogP contribution in [0.3, 0.4) is 0 Å². The first-order valence-electron chi connectivity index (χ1n) is 6.38. The van der Waals surface area contributed by atoms with Crippen LogP contribution in [0.15, 0.2) is 36.5 Å². The molecule has 0 saturated heterocycles. The Kier molecular flexibility index (Phi) is 3.43. The number of anilines is 2. The summed E-state index contributed by atoms with van der Waals surface area (Å²) in [4.78, 5) is 6.57. The second kappa shape index (κ2) is 5.13. The number of nitrogens with zero attached hydrogens (tertiary/aromatic N) is 3. The Bertz CT molecular complexity index is 824. The molecule has 3 rings (SSSR count). The third-order valence-corrected chi connectivity index (χ3v) is 4.18. The van der Waals surface area contributed by atoms with Gasteiger partial charge in [0.2, 0.25) is 0 Å². The molecule has 0 radical (unpaired) electrons. The van der Waals surface area contributed by atoms with Crippen LogP contribution >= 0.6 is 23.2 Å². The highest BCUT2D eigenvalue weighted by molar-refractivity contribution is 6.43. The highest BCUT2D eigenvalue weighted by Crippen LogP contribution is 2.36. The molecular formula is C15H14Cl2N4. The first-order valence-corrected chi connectivity index (χ1v) is 7.14. The van der Waals surface area contributed by atoms with Crippen LogP contribution in [-0.2, 0) is 0 Å². The van der Waals surface area contributed by atoms with E-state index in [1.807, 2.05) is 53.9 Å². The number of hydrogen-bond acceptors (Lipinski definition) is 3. The Morgan fingerprint density at radius 1 is 1.14 bits per heavy atom. The second-order valence-corrected chi connectivity index (χ2v) is 5.74. The van der Waals surface area contributed by atoms with Gasteiger partial charge in [-0.25, -0.2) is 4.98 Å². The molecule has 2 N–H and O–H groups in total. The van der Waals surface area contributed by atoms with Crippen LogP contribution in [0.2, 0.25) is 10.0 Å². The summed E-state index contributed by atoms with van der Waals surface area (Å²) in [7, 11) is 3.95. The topological polar surface area (TPSA) is 46.6 Å². The molecule has 4 nitrogen and oxygen atoms in total. The molecule has 0 fully saturated rings. The molecule has 0 aliphatic carbocycles. The molecular weight excluding hydrogens is 307 g/mol. The summed E-state index contributed by atoms with van der Waals surface area (Å²) in [6.45, 7) is 0. The Labute approximate surface area is 132 Å². The molecule has 2 aromatic heterocycles. The zero-order chi connectivity index (χ0) is 15.1. The average molecular weight is 321 g/mol. The average Bonchev–Trinajstić information content (AvgIpc) is 2.78. The van der Waals surface area contributed by atoms with Crippen LogP contribution in [0.25, 0.3) is 16.9 Å². The second-order valence-electron chi connectivity index (χ2n) is 4.96. The number of nitrogen functional groups attached to an aromatic ring is 1. The van der Waals surface area contributed by atoms with Crippen LogP contribution in [0.5, 0.6) is 0 Å². The number of aromatic nitrogens is 2. The van der Waals surface area contributed by atoms with E-state index >= 15 is 0 Å². The van der Waals surface area contributed by atoms with E-state index in [0.717, 1.165) is 16.9 Å². The molecule has 0 aliphatic rings. The number of benzene rings is 1. The summed E-state index contributed by atoms with van der Waals surface area (Å²) in [6.07, 6.45) is 1.94.